The molecule has 0 aliphatic carbocycles. The summed E-state index contributed by atoms with van der Waals surface area (Å²) in [5.41, 5.74) is 2.24. The van der Waals surface area contributed by atoms with E-state index in [4.69, 9.17) is 0 Å². The maximum atomic E-state index is 14.7. The Morgan fingerprint density at radius 3 is 2.56 bits per heavy atom. The number of carbonyl (C=O) groups excluding carboxylic acids is 3. The normalized spacial score (nSPS) is 26.4. The highest BCUT2D eigenvalue weighted by Crippen LogP contribution is 2.67. The second-order valence-corrected chi connectivity index (χ2v) is 13.1. The number of carbonyl (C=O) groups is 3. The molecular weight excluding hydrogens is 564 g/mol. The number of aromatic nitrogens is 3. The van der Waals surface area contributed by atoms with Crippen molar-refractivity contribution < 1.29 is 19.5 Å². The fourth-order valence-electron chi connectivity index (χ4n) is 7.18. The number of hydrogen-bond acceptors (Lipinski definition) is 7. The molecule has 224 valence electrons. The summed E-state index contributed by atoms with van der Waals surface area (Å²) in [4.78, 5) is 48.2. The summed E-state index contributed by atoms with van der Waals surface area (Å²) in [7, 11) is 0. The van der Waals surface area contributed by atoms with Crippen LogP contribution in [0.1, 0.15) is 19.8 Å². The Hall–Kier alpha value is -3.96. The molecule has 4 heterocycles. The molecule has 43 heavy (non-hydrogen) atoms. The molecule has 1 N–H and O–H groups in total. The smallest absolute Gasteiger partial charge is 0.248 e. The van der Waals surface area contributed by atoms with Crippen molar-refractivity contribution >= 4 is 46.2 Å². The van der Waals surface area contributed by atoms with Crippen LogP contribution in [0, 0.1) is 11.8 Å². The van der Waals surface area contributed by atoms with Crippen molar-refractivity contribution in [3.05, 3.63) is 79.9 Å². The van der Waals surface area contributed by atoms with Gasteiger partial charge in [0, 0.05) is 24.0 Å². The molecule has 0 radical (unpaired) electrons. The summed E-state index contributed by atoms with van der Waals surface area (Å²) in [6.07, 6.45) is 4.70. The Morgan fingerprint density at radius 1 is 1.12 bits per heavy atom. The minimum Gasteiger partial charge on any atom is -0.394 e. The number of para-hydroxylation sites is 2. The van der Waals surface area contributed by atoms with Crippen LogP contribution in [-0.4, -0.2) is 89.4 Å². The second kappa shape index (κ2) is 11.6. The van der Waals surface area contributed by atoms with Crippen molar-refractivity contribution in [3.63, 3.8) is 0 Å². The van der Waals surface area contributed by atoms with Crippen molar-refractivity contribution in [1.82, 2.24) is 24.8 Å². The van der Waals surface area contributed by atoms with Gasteiger partial charge in [0.15, 0.2) is 0 Å². The van der Waals surface area contributed by atoms with Gasteiger partial charge in [0.25, 0.3) is 0 Å². The maximum Gasteiger partial charge on any atom is 0.248 e. The van der Waals surface area contributed by atoms with E-state index in [-0.39, 0.29) is 42.8 Å². The molecule has 1 spiro atoms. The first kappa shape index (κ1) is 29.1. The monoisotopic (exact) mass is 600 g/mol. The minimum atomic E-state index is -0.848. The number of anilines is 1. The Balaban J connectivity index is 1.38. The Bertz CT molecular complexity index is 1560. The predicted molar refractivity (Wildman–Crippen MR) is 166 cm³/mol. The molecule has 2 aromatic carbocycles. The van der Waals surface area contributed by atoms with E-state index in [0.29, 0.717) is 18.5 Å². The molecule has 1 aromatic heterocycles. The molecule has 3 aliphatic heterocycles. The van der Waals surface area contributed by atoms with E-state index in [9.17, 15) is 19.5 Å². The predicted octanol–water partition coefficient (Wildman–Crippen LogP) is 3.09. The van der Waals surface area contributed by atoms with Gasteiger partial charge in [-0.05, 0) is 44.0 Å². The molecule has 10 nitrogen and oxygen atoms in total. The number of likely N-dealkylation sites (tertiary alicyclic amines) is 1. The van der Waals surface area contributed by atoms with Gasteiger partial charge in [-0.1, -0.05) is 47.7 Å². The zero-order chi connectivity index (χ0) is 30.3. The number of hydrogen-bond donors (Lipinski definition) is 1. The van der Waals surface area contributed by atoms with Crippen LogP contribution in [0.2, 0.25) is 0 Å². The van der Waals surface area contributed by atoms with Gasteiger partial charge in [0.05, 0.1) is 34.7 Å². The summed E-state index contributed by atoms with van der Waals surface area (Å²) in [6, 6.07) is 15.5. The highest BCUT2D eigenvalue weighted by atomic mass is 32.2. The molecule has 3 fully saturated rings. The summed E-state index contributed by atoms with van der Waals surface area (Å²) < 4.78 is 0.879. The number of aliphatic hydroxyl groups is 1. The molecule has 11 heteroatoms. The molecule has 2 bridgehead atoms. The third kappa shape index (κ3) is 4.65. The van der Waals surface area contributed by atoms with Crippen LogP contribution in [0.25, 0.3) is 11.0 Å². The summed E-state index contributed by atoms with van der Waals surface area (Å²) in [6.45, 7) is 9.85. The van der Waals surface area contributed by atoms with Gasteiger partial charge in [0.2, 0.25) is 17.7 Å². The van der Waals surface area contributed by atoms with Crippen LogP contribution in [0.15, 0.2) is 79.9 Å². The topological polar surface area (TPSA) is 112 Å². The van der Waals surface area contributed by atoms with E-state index in [1.165, 1.54) is 0 Å². The quantitative estimate of drug-likeness (QED) is 0.337. The van der Waals surface area contributed by atoms with E-state index in [1.54, 1.807) is 50.2 Å². The third-order valence-electron chi connectivity index (χ3n) is 9.03. The van der Waals surface area contributed by atoms with Crippen molar-refractivity contribution in [2.24, 2.45) is 11.8 Å². The number of amides is 3. The van der Waals surface area contributed by atoms with Crippen molar-refractivity contribution in [3.8, 4) is 0 Å². The summed E-state index contributed by atoms with van der Waals surface area (Å²) in [5.74, 6) is -1.90. The molecule has 3 saturated heterocycles. The van der Waals surface area contributed by atoms with Gasteiger partial charge in [-0.2, -0.15) is 0 Å². The van der Waals surface area contributed by atoms with Gasteiger partial charge in [-0.15, -0.1) is 30.0 Å². The Kier molecular flexibility index (Phi) is 7.87. The standard InChI is InChI=1S/C32H36N6O4S/c1-4-17-35(20-37-24-14-10-9-13-23(24)33-34-37)31(42)28-32-16-15-25(43-32)26(27(32)30(41)38(28)21(3)19-39)29(40)36(18-5-2)22-11-7-6-8-12-22/h4-14,21,25-28,39H,1-2,15-20H2,3H3/t21-,25-,26+,27+,28?,32?/m1/s1. The molecule has 2 unspecified atom stereocenters. The number of nitrogens with zero attached hydrogens (tertiary/aromatic N) is 6. The highest BCUT2D eigenvalue weighted by Gasteiger charge is 2.74. The van der Waals surface area contributed by atoms with Gasteiger partial charge in [-0.3, -0.25) is 14.4 Å². The zero-order valence-corrected chi connectivity index (χ0v) is 25.0. The molecule has 3 aliphatic rings. The highest BCUT2D eigenvalue weighted by molar-refractivity contribution is 8.02. The molecule has 6 rings (SSSR count). The first-order chi connectivity index (χ1) is 20.9. The number of thioether (sulfide) groups is 1. The van der Waals surface area contributed by atoms with Crippen LogP contribution >= 0.6 is 11.8 Å². The van der Waals surface area contributed by atoms with Crippen LogP contribution in [0.3, 0.4) is 0 Å². The van der Waals surface area contributed by atoms with E-state index >= 15 is 0 Å². The minimum absolute atomic E-state index is 0.0912. The third-order valence-corrected chi connectivity index (χ3v) is 11.0. The molecule has 6 atom stereocenters. The lowest BCUT2D eigenvalue weighted by molar-refractivity contribution is -0.146. The van der Waals surface area contributed by atoms with Crippen molar-refractivity contribution in [1.29, 1.82) is 0 Å². The van der Waals surface area contributed by atoms with E-state index in [0.717, 1.165) is 17.6 Å². The largest absolute Gasteiger partial charge is 0.394 e. The molecule has 3 amide bonds. The van der Waals surface area contributed by atoms with Gasteiger partial charge >= 0.3 is 0 Å². The Morgan fingerprint density at radius 2 is 1.84 bits per heavy atom. The average Bonchev–Trinajstić information content (AvgIpc) is 3.78. The SMILES string of the molecule is C=CCN(Cn1nnc2ccccc21)C(=O)C1N([C@H](C)CO)C(=O)[C@@H]2[C@@H](C(=O)N(CC=C)c3ccccc3)[C@H]3CCC12S3. The zero-order valence-electron chi connectivity index (χ0n) is 24.2. The fourth-order valence-corrected chi connectivity index (χ4v) is 9.38. The molecule has 3 aromatic rings. The fraction of sp³-hybridized carbons (Fsp3) is 0.406. The van der Waals surface area contributed by atoms with Crippen LogP contribution in [0.5, 0.6) is 0 Å². The molecular formula is C32H36N6O4S. The Labute approximate surface area is 255 Å². The lowest BCUT2D eigenvalue weighted by Gasteiger charge is -2.39. The average molecular weight is 601 g/mol. The van der Waals surface area contributed by atoms with Gasteiger partial charge in [0.1, 0.15) is 18.2 Å². The first-order valence-corrected chi connectivity index (χ1v) is 15.5. The molecule has 0 saturated carbocycles. The number of aliphatic hydroxyl groups excluding tert-OH is 1. The lowest BCUT2D eigenvalue weighted by atomic mass is 9.70. The lowest BCUT2D eigenvalue weighted by Crippen LogP contribution is -2.57. The van der Waals surface area contributed by atoms with Crippen molar-refractivity contribution in [2.75, 3.05) is 24.6 Å². The summed E-state index contributed by atoms with van der Waals surface area (Å²) >= 11 is 1.61. The van der Waals surface area contributed by atoms with Crippen LogP contribution < -0.4 is 4.90 Å². The van der Waals surface area contributed by atoms with Gasteiger partial charge in [-0.25, -0.2) is 4.68 Å². The van der Waals surface area contributed by atoms with Crippen LogP contribution in [0.4, 0.5) is 5.69 Å². The number of benzene rings is 2. The number of rotatable bonds is 11. The van der Waals surface area contributed by atoms with E-state index in [1.807, 2.05) is 54.6 Å². The van der Waals surface area contributed by atoms with Crippen molar-refractivity contribution in [2.45, 2.75) is 48.5 Å². The second-order valence-electron chi connectivity index (χ2n) is 11.5. The van der Waals surface area contributed by atoms with E-state index in [2.05, 4.69) is 23.5 Å². The number of fused-ring (bicyclic) bond motifs is 2. The first-order valence-electron chi connectivity index (χ1n) is 14.6. The van der Waals surface area contributed by atoms with Crippen LogP contribution in [-0.2, 0) is 21.1 Å². The van der Waals surface area contributed by atoms with E-state index < -0.39 is 28.7 Å². The maximum absolute atomic E-state index is 14.7. The summed E-state index contributed by atoms with van der Waals surface area (Å²) in [5, 5.41) is 18.7. The van der Waals surface area contributed by atoms with Gasteiger partial charge < -0.3 is 19.8 Å².